The lowest BCUT2D eigenvalue weighted by atomic mass is 10.1. The number of aromatic nitrogens is 2. The summed E-state index contributed by atoms with van der Waals surface area (Å²) in [6.45, 7) is 3.94. The SMILES string of the molecule is Cc1nc(-c2cccnc2)sc1CC(=O)NC(C)c1ccccc1. The van der Waals surface area contributed by atoms with Crippen molar-refractivity contribution in [2.45, 2.75) is 26.3 Å². The van der Waals surface area contributed by atoms with Gasteiger partial charge in [-0.1, -0.05) is 30.3 Å². The number of amides is 1. The van der Waals surface area contributed by atoms with Crippen molar-refractivity contribution in [2.24, 2.45) is 0 Å². The molecule has 0 saturated heterocycles. The van der Waals surface area contributed by atoms with Crippen LogP contribution in [-0.4, -0.2) is 15.9 Å². The van der Waals surface area contributed by atoms with E-state index in [0.717, 1.165) is 26.7 Å². The fourth-order valence-corrected chi connectivity index (χ4v) is 3.52. The van der Waals surface area contributed by atoms with Crippen LogP contribution in [0, 0.1) is 6.92 Å². The quantitative estimate of drug-likeness (QED) is 0.767. The molecule has 0 aliphatic heterocycles. The Balaban J connectivity index is 1.68. The van der Waals surface area contributed by atoms with E-state index < -0.39 is 0 Å². The average Bonchev–Trinajstić information content (AvgIpc) is 2.97. The van der Waals surface area contributed by atoms with Gasteiger partial charge >= 0.3 is 0 Å². The first-order valence-electron chi connectivity index (χ1n) is 7.84. The molecule has 0 aliphatic rings. The van der Waals surface area contributed by atoms with E-state index in [1.165, 1.54) is 0 Å². The monoisotopic (exact) mass is 337 g/mol. The van der Waals surface area contributed by atoms with E-state index in [-0.39, 0.29) is 11.9 Å². The zero-order valence-electron chi connectivity index (χ0n) is 13.7. The van der Waals surface area contributed by atoms with Gasteiger partial charge in [0.05, 0.1) is 18.2 Å². The number of aryl methyl sites for hydroxylation is 1. The zero-order chi connectivity index (χ0) is 16.9. The molecule has 2 heterocycles. The first kappa shape index (κ1) is 16.3. The van der Waals surface area contributed by atoms with Crippen molar-refractivity contribution >= 4 is 17.2 Å². The number of thiazole rings is 1. The molecule has 0 saturated carbocycles. The Morgan fingerprint density at radius 2 is 2.00 bits per heavy atom. The van der Waals surface area contributed by atoms with Crippen LogP contribution >= 0.6 is 11.3 Å². The summed E-state index contributed by atoms with van der Waals surface area (Å²) in [6.07, 6.45) is 3.88. The van der Waals surface area contributed by atoms with Crippen LogP contribution in [0.15, 0.2) is 54.9 Å². The van der Waals surface area contributed by atoms with Crippen molar-refractivity contribution in [2.75, 3.05) is 0 Å². The Morgan fingerprint density at radius 1 is 1.21 bits per heavy atom. The molecule has 0 radical (unpaired) electrons. The number of hydrogen-bond acceptors (Lipinski definition) is 4. The van der Waals surface area contributed by atoms with Gasteiger partial charge in [0, 0.05) is 22.8 Å². The first-order valence-corrected chi connectivity index (χ1v) is 8.66. The van der Waals surface area contributed by atoms with Crippen molar-refractivity contribution in [3.05, 3.63) is 71.0 Å². The lowest BCUT2D eigenvalue weighted by Crippen LogP contribution is -2.28. The van der Waals surface area contributed by atoms with Crippen LogP contribution in [0.3, 0.4) is 0 Å². The molecule has 1 amide bonds. The summed E-state index contributed by atoms with van der Waals surface area (Å²) in [6, 6.07) is 13.8. The van der Waals surface area contributed by atoms with Crippen molar-refractivity contribution in [3.63, 3.8) is 0 Å². The minimum atomic E-state index is -0.00952. The van der Waals surface area contributed by atoms with Crippen molar-refractivity contribution < 1.29 is 4.79 Å². The molecule has 2 aromatic heterocycles. The normalized spacial score (nSPS) is 11.9. The Morgan fingerprint density at radius 3 is 2.71 bits per heavy atom. The largest absolute Gasteiger partial charge is 0.349 e. The third-order valence-corrected chi connectivity index (χ3v) is 5.01. The smallest absolute Gasteiger partial charge is 0.225 e. The van der Waals surface area contributed by atoms with E-state index in [2.05, 4.69) is 15.3 Å². The topological polar surface area (TPSA) is 54.9 Å². The number of carbonyl (C=O) groups excluding carboxylic acids is 1. The number of nitrogens with zero attached hydrogens (tertiary/aromatic N) is 2. The third kappa shape index (κ3) is 3.86. The molecule has 122 valence electrons. The second-order valence-corrected chi connectivity index (χ2v) is 6.73. The maximum absolute atomic E-state index is 12.3. The van der Waals surface area contributed by atoms with E-state index in [4.69, 9.17) is 0 Å². The van der Waals surface area contributed by atoms with E-state index in [9.17, 15) is 4.79 Å². The summed E-state index contributed by atoms with van der Waals surface area (Å²) < 4.78 is 0. The molecule has 0 bridgehead atoms. The molecular weight excluding hydrogens is 318 g/mol. The van der Waals surface area contributed by atoms with E-state index >= 15 is 0 Å². The highest BCUT2D eigenvalue weighted by atomic mass is 32.1. The van der Waals surface area contributed by atoms with E-state index in [0.29, 0.717) is 6.42 Å². The van der Waals surface area contributed by atoms with Gasteiger partial charge in [0.15, 0.2) is 0 Å². The molecule has 4 nitrogen and oxygen atoms in total. The van der Waals surface area contributed by atoms with Crippen LogP contribution in [0.25, 0.3) is 10.6 Å². The highest BCUT2D eigenvalue weighted by Gasteiger charge is 2.15. The molecule has 5 heteroatoms. The predicted molar refractivity (Wildman–Crippen MR) is 96.8 cm³/mol. The van der Waals surface area contributed by atoms with Crippen LogP contribution < -0.4 is 5.32 Å². The molecule has 1 aromatic carbocycles. The van der Waals surface area contributed by atoms with Crippen LogP contribution in [-0.2, 0) is 11.2 Å². The molecule has 0 spiro atoms. The van der Waals surface area contributed by atoms with Gasteiger partial charge in [-0.15, -0.1) is 11.3 Å². The highest BCUT2D eigenvalue weighted by molar-refractivity contribution is 7.15. The fourth-order valence-electron chi connectivity index (χ4n) is 2.47. The second kappa shape index (κ2) is 7.36. The van der Waals surface area contributed by atoms with Crippen molar-refractivity contribution in [3.8, 4) is 10.6 Å². The molecule has 0 fully saturated rings. The highest BCUT2D eigenvalue weighted by Crippen LogP contribution is 2.27. The standard InChI is InChI=1S/C19H19N3OS/c1-13(15-7-4-3-5-8-15)21-18(23)11-17-14(2)22-19(24-17)16-9-6-10-20-12-16/h3-10,12-13H,11H2,1-2H3,(H,21,23). The number of benzene rings is 1. The zero-order valence-corrected chi connectivity index (χ0v) is 14.5. The maximum atomic E-state index is 12.3. The Labute approximate surface area is 145 Å². The fraction of sp³-hybridized carbons (Fsp3) is 0.211. The average molecular weight is 337 g/mol. The van der Waals surface area contributed by atoms with Gasteiger partial charge in [-0.3, -0.25) is 9.78 Å². The van der Waals surface area contributed by atoms with Crippen LogP contribution in [0.5, 0.6) is 0 Å². The van der Waals surface area contributed by atoms with E-state index in [1.54, 1.807) is 23.7 Å². The van der Waals surface area contributed by atoms with Gasteiger partial charge in [0.1, 0.15) is 5.01 Å². The predicted octanol–water partition coefficient (Wildman–Crippen LogP) is 3.93. The molecule has 1 unspecified atom stereocenters. The number of pyridine rings is 1. The van der Waals surface area contributed by atoms with Gasteiger partial charge < -0.3 is 5.32 Å². The van der Waals surface area contributed by atoms with Crippen LogP contribution in [0.2, 0.25) is 0 Å². The Hall–Kier alpha value is -2.53. The van der Waals surface area contributed by atoms with E-state index in [1.807, 2.05) is 56.3 Å². The number of carbonyl (C=O) groups is 1. The summed E-state index contributed by atoms with van der Waals surface area (Å²) >= 11 is 1.55. The first-order chi connectivity index (χ1) is 11.6. The third-order valence-electron chi connectivity index (χ3n) is 3.80. The summed E-state index contributed by atoms with van der Waals surface area (Å²) in [5.41, 5.74) is 2.99. The summed E-state index contributed by atoms with van der Waals surface area (Å²) in [5, 5.41) is 3.95. The number of rotatable bonds is 5. The molecular formula is C19H19N3OS. The van der Waals surface area contributed by atoms with Gasteiger partial charge in [-0.25, -0.2) is 4.98 Å². The molecule has 0 aliphatic carbocycles. The summed E-state index contributed by atoms with van der Waals surface area (Å²) in [7, 11) is 0. The maximum Gasteiger partial charge on any atom is 0.225 e. The second-order valence-electron chi connectivity index (χ2n) is 5.65. The molecule has 3 rings (SSSR count). The summed E-state index contributed by atoms with van der Waals surface area (Å²) in [5.74, 6) is 0.0100. The number of hydrogen-bond donors (Lipinski definition) is 1. The minimum absolute atomic E-state index is 0.00952. The molecule has 1 atom stereocenters. The lowest BCUT2D eigenvalue weighted by molar-refractivity contribution is -0.121. The van der Waals surface area contributed by atoms with Crippen LogP contribution in [0.1, 0.15) is 29.1 Å². The Bertz CT molecular complexity index is 815. The van der Waals surface area contributed by atoms with Gasteiger partial charge in [-0.05, 0) is 31.5 Å². The lowest BCUT2D eigenvalue weighted by Gasteiger charge is -2.13. The van der Waals surface area contributed by atoms with Gasteiger partial charge in [0.25, 0.3) is 0 Å². The number of nitrogens with one attached hydrogen (secondary N) is 1. The van der Waals surface area contributed by atoms with Gasteiger partial charge in [0.2, 0.25) is 5.91 Å². The van der Waals surface area contributed by atoms with Crippen molar-refractivity contribution in [1.82, 2.24) is 15.3 Å². The van der Waals surface area contributed by atoms with Crippen LogP contribution in [0.4, 0.5) is 0 Å². The van der Waals surface area contributed by atoms with Crippen molar-refractivity contribution in [1.29, 1.82) is 0 Å². The molecule has 3 aromatic rings. The Kier molecular flexibility index (Phi) is 5.01. The van der Waals surface area contributed by atoms with Gasteiger partial charge in [-0.2, -0.15) is 0 Å². The molecule has 1 N–H and O–H groups in total. The molecule has 24 heavy (non-hydrogen) atoms. The summed E-state index contributed by atoms with van der Waals surface area (Å²) in [4.78, 5) is 22.0. The minimum Gasteiger partial charge on any atom is -0.349 e.